The molecule has 1 saturated carbocycles. The Morgan fingerprint density at radius 1 is 1.64 bits per heavy atom. The minimum Gasteiger partial charge on any atom is -0.378 e. The number of amides is 1. The van der Waals surface area contributed by atoms with E-state index in [9.17, 15) is 4.79 Å². The second-order valence-electron chi connectivity index (χ2n) is 4.20. The molecular formula is C10H18N2O2. The Hall–Kier alpha value is -0.610. The van der Waals surface area contributed by atoms with Gasteiger partial charge in [-0.15, -0.1) is 0 Å². The minimum atomic E-state index is -0.146. The lowest BCUT2D eigenvalue weighted by atomic mass is 10.1. The first-order valence-corrected chi connectivity index (χ1v) is 5.39. The van der Waals surface area contributed by atoms with Gasteiger partial charge in [0.25, 0.3) is 0 Å². The van der Waals surface area contributed by atoms with Gasteiger partial charge in [-0.1, -0.05) is 6.92 Å². The Kier molecular flexibility index (Phi) is 2.74. The fraction of sp³-hybridized carbons (Fsp3) is 0.900. The second kappa shape index (κ2) is 3.87. The Labute approximate surface area is 84.4 Å². The molecule has 1 amide bonds. The van der Waals surface area contributed by atoms with Crippen LogP contribution in [0, 0.1) is 0 Å². The zero-order valence-electron chi connectivity index (χ0n) is 8.64. The van der Waals surface area contributed by atoms with Crippen LogP contribution in [0.15, 0.2) is 0 Å². The fourth-order valence-electron chi connectivity index (χ4n) is 1.80. The van der Waals surface area contributed by atoms with Crippen molar-refractivity contribution in [2.24, 2.45) is 0 Å². The summed E-state index contributed by atoms with van der Waals surface area (Å²) in [5, 5.41) is 6.26. The molecule has 1 heterocycles. The van der Waals surface area contributed by atoms with E-state index >= 15 is 0 Å². The molecule has 0 radical (unpaired) electrons. The van der Waals surface area contributed by atoms with Gasteiger partial charge in [0, 0.05) is 12.1 Å². The maximum atomic E-state index is 11.8. The molecule has 80 valence electrons. The van der Waals surface area contributed by atoms with Crippen LogP contribution in [-0.4, -0.2) is 37.2 Å². The van der Waals surface area contributed by atoms with E-state index < -0.39 is 0 Å². The molecule has 4 heteroatoms. The van der Waals surface area contributed by atoms with Crippen molar-refractivity contribution in [3.8, 4) is 0 Å². The first-order valence-electron chi connectivity index (χ1n) is 5.39. The highest BCUT2D eigenvalue weighted by molar-refractivity contribution is 5.83. The first kappa shape index (κ1) is 9.93. The molecule has 0 spiro atoms. The Bertz CT molecular complexity index is 220. The smallest absolute Gasteiger partial charge is 0.239 e. The van der Waals surface area contributed by atoms with E-state index in [4.69, 9.17) is 4.74 Å². The predicted octanol–water partition coefficient (Wildman–Crippen LogP) is 0.0336. The molecule has 2 fully saturated rings. The number of ether oxygens (including phenoxy) is 1. The molecule has 0 aromatic carbocycles. The molecule has 0 aromatic heterocycles. The van der Waals surface area contributed by atoms with Gasteiger partial charge in [0.15, 0.2) is 0 Å². The van der Waals surface area contributed by atoms with Gasteiger partial charge in [0.1, 0.15) is 6.04 Å². The van der Waals surface area contributed by atoms with Crippen LogP contribution in [0.25, 0.3) is 0 Å². The number of hydrogen-bond acceptors (Lipinski definition) is 3. The number of nitrogens with one attached hydrogen (secondary N) is 2. The average molecular weight is 198 g/mol. The molecule has 2 aliphatic rings. The second-order valence-corrected chi connectivity index (χ2v) is 4.20. The third-order valence-corrected chi connectivity index (χ3v) is 3.16. The van der Waals surface area contributed by atoms with Crippen LogP contribution in [-0.2, 0) is 9.53 Å². The third-order valence-electron chi connectivity index (χ3n) is 3.16. The van der Waals surface area contributed by atoms with Gasteiger partial charge >= 0.3 is 0 Å². The summed E-state index contributed by atoms with van der Waals surface area (Å²) in [7, 11) is 0. The largest absolute Gasteiger partial charge is 0.378 e. The van der Waals surface area contributed by atoms with E-state index in [0.29, 0.717) is 13.2 Å². The fourth-order valence-corrected chi connectivity index (χ4v) is 1.80. The summed E-state index contributed by atoms with van der Waals surface area (Å²) < 4.78 is 5.25. The van der Waals surface area contributed by atoms with Crippen molar-refractivity contribution in [3.63, 3.8) is 0 Å². The summed E-state index contributed by atoms with van der Waals surface area (Å²) in [6, 6.07) is -0.146. The molecule has 2 N–H and O–H groups in total. The molecule has 1 aliphatic heterocycles. The quantitative estimate of drug-likeness (QED) is 0.673. The summed E-state index contributed by atoms with van der Waals surface area (Å²) in [4.78, 5) is 11.8. The maximum absolute atomic E-state index is 11.8. The molecule has 1 unspecified atom stereocenters. The Balaban J connectivity index is 1.82. The predicted molar refractivity (Wildman–Crippen MR) is 53.0 cm³/mol. The topological polar surface area (TPSA) is 50.4 Å². The molecular weight excluding hydrogens is 180 g/mol. The molecule has 4 nitrogen and oxygen atoms in total. The summed E-state index contributed by atoms with van der Waals surface area (Å²) in [6.45, 7) is 4.11. The zero-order valence-corrected chi connectivity index (χ0v) is 8.64. The normalized spacial score (nSPS) is 29.6. The van der Waals surface area contributed by atoms with Gasteiger partial charge in [0.05, 0.1) is 13.2 Å². The van der Waals surface area contributed by atoms with Crippen molar-refractivity contribution in [2.75, 3.05) is 19.8 Å². The number of carbonyl (C=O) groups is 1. The van der Waals surface area contributed by atoms with E-state index in [0.717, 1.165) is 25.8 Å². The van der Waals surface area contributed by atoms with Crippen LogP contribution in [0.1, 0.15) is 26.2 Å². The third kappa shape index (κ3) is 2.07. The summed E-state index contributed by atoms with van der Waals surface area (Å²) >= 11 is 0. The average Bonchev–Trinajstić information content (AvgIpc) is 3.00. The lowest BCUT2D eigenvalue weighted by Crippen LogP contribution is -2.53. The minimum absolute atomic E-state index is 0.101. The highest BCUT2D eigenvalue weighted by Crippen LogP contribution is 2.38. The van der Waals surface area contributed by atoms with E-state index in [1.165, 1.54) is 0 Å². The van der Waals surface area contributed by atoms with Crippen LogP contribution in [0.4, 0.5) is 0 Å². The lowest BCUT2D eigenvalue weighted by molar-refractivity contribution is -0.126. The molecule has 1 aliphatic carbocycles. The maximum Gasteiger partial charge on any atom is 0.239 e. The van der Waals surface area contributed by atoms with Gasteiger partial charge in [-0.3, -0.25) is 4.79 Å². The van der Waals surface area contributed by atoms with Gasteiger partial charge in [-0.25, -0.2) is 0 Å². The van der Waals surface area contributed by atoms with Crippen LogP contribution in [0.2, 0.25) is 0 Å². The number of hydrogen-bond donors (Lipinski definition) is 2. The molecule has 2 rings (SSSR count). The highest BCUT2D eigenvalue weighted by atomic mass is 16.5. The molecule has 0 bridgehead atoms. The Morgan fingerprint density at radius 3 is 2.93 bits per heavy atom. The van der Waals surface area contributed by atoms with Crippen molar-refractivity contribution in [1.29, 1.82) is 0 Å². The van der Waals surface area contributed by atoms with Crippen LogP contribution >= 0.6 is 0 Å². The molecule has 14 heavy (non-hydrogen) atoms. The number of rotatable bonds is 3. The van der Waals surface area contributed by atoms with Crippen molar-refractivity contribution < 1.29 is 9.53 Å². The highest BCUT2D eigenvalue weighted by Gasteiger charge is 2.43. The monoisotopic (exact) mass is 198 g/mol. The van der Waals surface area contributed by atoms with Crippen molar-refractivity contribution >= 4 is 5.91 Å². The standard InChI is InChI=1S/C10H18N2O2/c1-2-10(3-4-10)12-9(13)8-7-14-6-5-11-8/h8,11H,2-7H2,1H3,(H,12,13). The van der Waals surface area contributed by atoms with Crippen molar-refractivity contribution in [2.45, 2.75) is 37.8 Å². The first-order chi connectivity index (χ1) is 6.76. The molecule has 1 saturated heterocycles. The van der Waals surface area contributed by atoms with Gasteiger partial charge < -0.3 is 15.4 Å². The molecule has 1 atom stereocenters. The van der Waals surface area contributed by atoms with E-state index in [1.807, 2.05) is 0 Å². The van der Waals surface area contributed by atoms with Crippen molar-refractivity contribution in [3.05, 3.63) is 0 Å². The SMILES string of the molecule is CCC1(NC(=O)C2COCCN2)CC1. The van der Waals surface area contributed by atoms with E-state index in [1.54, 1.807) is 0 Å². The zero-order chi connectivity index (χ0) is 10.0. The summed E-state index contributed by atoms with van der Waals surface area (Å²) in [5.41, 5.74) is 0.121. The van der Waals surface area contributed by atoms with Crippen LogP contribution in [0.3, 0.4) is 0 Å². The van der Waals surface area contributed by atoms with Gasteiger partial charge in [-0.05, 0) is 19.3 Å². The number of morpholine rings is 1. The lowest BCUT2D eigenvalue weighted by Gasteiger charge is -2.25. The van der Waals surface area contributed by atoms with Gasteiger partial charge in [-0.2, -0.15) is 0 Å². The molecule has 0 aromatic rings. The van der Waals surface area contributed by atoms with Crippen LogP contribution < -0.4 is 10.6 Å². The van der Waals surface area contributed by atoms with E-state index in [2.05, 4.69) is 17.6 Å². The van der Waals surface area contributed by atoms with E-state index in [-0.39, 0.29) is 17.5 Å². The summed E-state index contributed by atoms with van der Waals surface area (Å²) in [6.07, 6.45) is 3.29. The number of carbonyl (C=O) groups excluding carboxylic acids is 1. The van der Waals surface area contributed by atoms with Gasteiger partial charge in [0.2, 0.25) is 5.91 Å². The summed E-state index contributed by atoms with van der Waals surface area (Å²) in [5.74, 6) is 0.101. The van der Waals surface area contributed by atoms with Crippen LogP contribution in [0.5, 0.6) is 0 Å². The Morgan fingerprint density at radius 2 is 2.43 bits per heavy atom. The van der Waals surface area contributed by atoms with Crippen molar-refractivity contribution in [1.82, 2.24) is 10.6 Å².